The lowest BCUT2D eigenvalue weighted by atomic mass is 10.1. The van der Waals surface area contributed by atoms with E-state index in [0.29, 0.717) is 27.5 Å². The first kappa shape index (κ1) is 19.7. The van der Waals surface area contributed by atoms with Crippen molar-refractivity contribution in [1.82, 2.24) is 5.32 Å². The molecule has 0 saturated carbocycles. The maximum atomic E-state index is 12.3. The minimum absolute atomic E-state index is 0.00714. The first-order valence-electron chi connectivity index (χ1n) is 7.54. The molecule has 1 atom stereocenters. The lowest BCUT2D eigenvalue weighted by Gasteiger charge is -2.12. The highest BCUT2D eigenvalue weighted by molar-refractivity contribution is 8.15. The van der Waals surface area contributed by atoms with Gasteiger partial charge in [0.25, 0.3) is 5.76 Å². The lowest BCUT2D eigenvalue weighted by Crippen LogP contribution is -2.28. The van der Waals surface area contributed by atoms with Crippen LogP contribution in [-0.4, -0.2) is 33.5 Å². The van der Waals surface area contributed by atoms with Crippen LogP contribution in [0, 0.1) is 0 Å². The summed E-state index contributed by atoms with van der Waals surface area (Å²) in [6.07, 6.45) is 0.00714. The molecular formula is C16H19F2N3O2S2. The minimum Gasteiger partial charge on any atom is -0.326 e. The number of nitrogens with zero attached hydrogens (tertiary/aromatic N) is 1. The predicted octanol–water partition coefficient (Wildman–Crippen LogP) is 3.72. The van der Waals surface area contributed by atoms with Crippen LogP contribution in [0.2, 0.25) is 0 Å². The number of rotatable bonds is 5. The molecule has 1 aromatic carbocycles. The van der Waals surface area contributed by atoms with Gasteiger partial charge in [0, 0.05) is 17.0 Å². The molecule has 1 aromatic rings. The van der Waals surface area contributed by atoms with E-state index in [1.807, 2.05) is 20.8 Å². The number of benzene rings is 1. The number of carbonyl (C=O) groups excluding carboxylic acids is 2. The zero-order valence-corrected chi connectivity index (χ0v) is 15.6. The van der Waals surface area contributed by atoms with Crippen LogP contribution >= 0.6 is 23.5 Å². The number of alkyl halides is 2. The van der Waals surface area contributed by atoms with E-state index in [9.17, 15) is 18.4 Å². The number of hydrogen-bond donors (Lipinski definition) is 2. The summed E-state index contributed by atoms with van der Waals surface area (Å²) in [4.78, 5) is 28.8. The molecule has 0 aromatic heterocycles. The second-order valence-corrected chi connectivity index (χ2v) is 8.59. The van der Waals surface area contributed by atoms with Crippen LogP contribution in [0.4, 0.5) is 14.5 Å². The standard InChI is InChI=1S/C16H19F2N3O2S2/c1-16(2,3)21-15-20-13(23)11(25-15)8-12(22)19-9-4-6-10(7-5-9)24-14(17)18/h4-7,11,14H,8H2,1-3H3,(H,19,22)(H,20,21,23)/t11-/m0/s1. The van der Waals surface area contributed by atoms with E-state index >= 15 is 0 Å². The Morgan fingerprint density at radius 1 is 1.36 bits per heavy atom. The Morgan fingerprint density at radius 3 is 2.56 bits per heavy atom. The number of carbonyl (C=O) groups is 2. The third-order valence-corrected chi connectivity index (χ3v) is 4.75. The Hall–Kier alpha value is -1.61. The van der Waals surface area contributed by atoms with Crippen molar-refractivity contribution in [2.45, 2.75) is 48.6 Å². The highest BCUT2D eigenvalue weighted by Gasteiger charge is 2.32. The number of anilines is 1. The van der Waals surface area contributed by atoms with Crippen molar-refractivity contribution in [3.63, 3.8) is 0 Å². The zero-order valence-electron chi connectivity index (χ0n) is 14.0. The summed E-state index contributed by atoms with van der Waals surface area (Å²) in [7, 11) is 0. The van der Waals surface area contributed by atoms with Crippen LogP contribution in [-0.2, 0) is 9.59 Å². The molecule has 136 valence electrons. The van der Waals surface area contributed by atoms with Crippen molar-refractivity contribution in [2.24, 2.45) is 4.99 Å². The number of amidine groups is 1. The van der Waals surface area contributed by atoms with Crippen molar-refractivity contribution in [1.29, 1.82) is 0 Å². The monoisotopic (exact) mass is 387 g/mol. The van der Waals surface area contributed by atoms with Gasteiger partial charge in [-0.3, -0.25) is 14.6 Å². The maximum Gasteiger partial charge on any atom is 0.288 e. The summed E-state index contributed by atoms with van der Waals surface area (Å²) in [5.74, 6) is -3.05. The summed E-state index contributed by atoms with van der Waals surface area (Å²) in [6, 6.07) is 6.13. The molecule has 0 bridgehead atoms. The molecule has 0 unspecified atom stereocenters. The smallest absolute Gasteiger partial charge is 0.288 e. The average Bonchev–Trinajstić information content (AvgIpc) is 2.78. The first-order valence-corrected chi connectivity index (χ1v) is 9.30. The molecule has 0 radical (unpaired) electrons. The highest BCUT2D eigenvalue weighted by Crippen LogP contribution is 2.27. The van der Waals surface area contributed by atoms with Gasteiger partial charge in [0.05, 0.1) is 5.54 Å². The van der Waals surface area contributed by atoms with Gasteiger partial charge in [-0.2, -0.15) is 8.78 Å². The summed E-state index contributed by atoms with van der Waals surface area (Å²) in [5, 5.41) is 5.32. The molecule has 0 aliphatic carbocycles. The van der Waals surface area contributed by atoms with Gasteiger partial charge in [-0.15, -0.1) is 0 Å². The second-order valence-electron chi connectivity index (χ2n) is 6.34. The molecule has 1 saturated heterocycles. The Labute approximate surface area is 153 Å². The molecule has 25 heavy (non-hydrogen) atoms. The third-order valence-electron chi connectivity index (χ3n) is 2.95. The molecule has 5 nitrogen and oxygen atoms in total. The second kappa shape index (κ2) is 8.18. The lowest BCUT2D eigenvalue weighted by molar-refractivity contribution is -0.122. The van der Waals surface area contributed by atoms with Crippen LogP contribution in [0.15, 0.2) is 34.2 Å². The molecule has 2 N–H and O–H groups in total. The number of nitrogens with one attached hydrogen (secondary N) is 2. The number of aliphatic imine (C=N–C) groups is 1. The summed E-state index contributed by atoms with van der Waals surface area (Å²) in [6.45, 7) is 5.76. The number of amides is 2. The van der Waals surface area contributed by atoms with Crippen LogP contribution in [0.3, 0.4) is 0 Å². The van der Waals surface area contributed by atoms with E-state index < -0.39 is 11.0 Å². The Morgan fingerprint density at radius 2 is 2.00 bits per heavy atom. The molecule has 1 aliphatic rings. The van der Waals surface area contributed by atoms with Gasteiger partial charge in [-0.05, 0) is 45.0 Å². The van der Waals surface area contributed by atoms with E-state index in [4.69, 9.17) is 0 Å². The van der Waals surface area contributed by atoms with Gasteiger partial charge in [0.1, 0.15) is 5.25 Å². The van der Waals surface area contributed by atoms with Crippen LogP contribution < -0.4 is 10.6 Å². The summed E-state index contributed by atoms with van der Waals surface area (Å²) >= 11 is 1.68. The fourth-order valence-electron chi connectivity index (χ4n) is 2.00. The van der Waals surface area contributed by atoms with E-state index in [1.54, 1.807) is 12.1 Å². The topological polar surface area (TPSA) is 70.6 Å². The van der Waals surface area contributed by atoms with E-state index in [0.717, 1.165) is 0 Å². The molecule has 1 heterocycles. The van der Waals surface area contributed by atoms with Gasteiger partial charge in [0.2, 0.25) is 11.8 Å². The van der Waals surface area contributed by atoms with Gasteiger partial charge >= 0.3 is 0 Å². The quantitative estimate of drug-likeness (QED) is 0.756. The van der Waals surface area contributed by atoms with Crippen molar-refractivity contribution in [2.75, 3.05) is 5.32 Å². The van der Waals surface area contributed by atoms with Crippen molar-refractivity contribution >= 4 is 46.2 Å². The first-order chi connectivity index (χ1) is 11.6. The molecule has 0 spiro atoms. The molecule has 1 fully saturated rings. The van der Waals surface area contributed by atoms with Crippen LogP contribution in [0.5, 0.6) is 0 Å². The fraction of sp³-hybridized carbons (Fsp3) is 0.438. The van der Waals surface area contributed by atoms with E-state index in [-0.39, 0.29) is 23.8 Å². The number of halogens is 2. The Balaban J connectivity index is 1.90. The van der Waals surface area contributed by atoms with E-state index in [2.05, 4.69) is 15.6 Å². The third kappa shape index (κ3) is 6.66. The average molecular weight is 387 g/mol. The minimum atomic E-state index is -2.48. The van der Waals surface area contributed by atoms with Gasteiger partial charge in [0.15, 0.2) is 5.17 Å². The van der Waals surface area contributed by atoms with Gasteiger partial charge < -0.3 is 10.6 Å². The van der Waals surface area contributed by atoms with Crippen molar-refractivity contribution in [3.8, 4) is 0 Å². The molecule has 1 aliphatic heterocycles. The van der Waals surface area contributed by atoms with Crippen LogP contribution in [0.25, 0.3) is 0 Å². The SMILES string of the molecule is CC(C)(C)N=C1NC(=O)[C@H](CC(=O)Nc2ccc(SC(F)F)cc2)S1. The predicted molar refractivity (Wildman–Crippen MR) is 98.3 cm³/mol. The highest BCUT2D eigenvalue weighted by atomic mass is 32.2. The van der Waals surface area contributed by atoms with E-state index in [1.165, 1.54) is 23.9 Å². The summed E-state index contributed by atoms with van der Waals surface area (Å²) < 4.78 is 24.5. The number of thioether (sulfide) groups is 2. The van der Waals surface area contributed by atoms with Crippen molar-refractivity contribution < 1.29 is 18.4 Å². The largest absolute Gasteiger partial charge is 0.326 e. The van der Waals surface area contributed by atoms with Crippen LogP contribution in [0.1, 0.15) is 27.2 Å². The number of hydrogen-bond acceptors (Lipinski definition) is 5. The van der Waals surface area contributed by atoms with Crippen molar-refractivity contribution in [3.05, 3.63) is 24.3 Å². The van der Waals surface area contributed by atoms with Gasteiger partial charge in [-0.1, -0.05) is 23.5 Å². The zero-order chi connectivity index (χ0) is 18.6. The molecule has 2 rings (SSSR count). The normalized spacial score (nSPS) is 19.4. The Bertz CT molecular complexity index is 673. The molecular weight excluding hydrogens is 368 g/mol. The fourth-order valence-corrected chi connectivity index (χ4v) is 3.65. The molecule has 9 heteroatoms. The summed E-state index contributed by atoms with van der Waals surface area (Å²) in [5.41, 5.74) is 0.181. The molecule has 2 amide bonds. The maximum absolute atomic E-state index is 12.3. The van der Waals surface area contributed by atoms with Gasteiger partial charge in [-0.25, -0.2) is 0 Å². The Kier molecular flexibility index (Phi) is 6.45.